The van der Waals surface area contributed by atoms with Crippen molar-refractivity contribution in [3.63, 3.8) is 0 Å². The Morgan fingerprint density at radius 1 is 1.58 bits per heavy atom. The average Bonchev–Trinajstić information content (AvgIpc) is 2.00. The SMILES string of the molecule is COCC(=O)NCC(C)C(=O)O. The average molecular weight is 175 g/mol. The van der Waals surface area contributed by atoms with Crippen molar-refractivity contribution < 1.29 is 19.4 Å². The van der Waals surface area contributed by atoms with Gasteiger partial charge < -0.3 is 15.2 Å². The highest BCUT2D eigenvalue weighted by atomic mass is 16.5. The van der Waals surface area contributed by atoms with E-state index in [4.69, 9.17) is 5.11 Å². The molecular formula is C7H13NO4. The zero-order valence-electron chi connectivity index (χ0n) is 7.16. The van der Waals surface area contributed by atoms with Gasteiger partial charge in [0.05, 0.1) is 5.92 Å². The third kappa shape index (κ3) is 4.68. The first kappa shape index (κ1) is 10.9. The third-order valence-corrected chi connectivity index (χ3v) is 1.30. The number of rotatable bonds is 5. The van der Waals surface area contributed by atoms with E-state index in [1.54, 1.807) is 0 Å². The highest BCUT2D eigenvalue weighted by molar-refractivity contribution is 5.78. The molecule has 0 aliphatic heterocycles. The van der Waals surface area contributed by atoms with Crippen LogP contribution < -0.4 is 5.32 Å². The lowest BCUT2D eigenvalue weighted by Gasteiger charge is -2.07. The van der Waals surface area contributed by atoms with Gasteiger partial charge in [-0.25, -0.2) is 0 Å². The highest BCUT2D eigenvalue weighted by Gasteiger charge is 2.11. The van der Waals surface area contributed by atoms with Crippen molar-refractivity contribution in [1.82, 2.24) is 5.32 Å². The second-order valence-corrected chi connectivity index (χ2v) is 2.48. The molecule has 0 rings (SSSR count). The van der Waals surface area contributed by atoms with E-state index in [0.717, 1.165) is 0 Å². The van der Waals surface area contributed by atoms with Crippen LogP contribution in [0.4, 0.5) is 0 Å². The minimum Gasteiger partial charge on any atom is -0.481 e. The van der Waals surface area contributed by atoms with Crippen LogP contribution in [0.5, 0.6) is 0 Å². The number of carbonyl (C=O) groups is 2. The van der Waals surface area contributed by atoms with Crippen LogP contribution in [0.15, 0.2) is 0 Å². The Hall–Kier alpha value is -1.10. The molecule has 0 aromatic rings. The van der Waals surface area contributed by atoms with Crippen LogP contribution in [0.1, 0.15) is 6.92 Å². The normalized spacial score (nSPS) is 12.2. The van der Waals surface area contributed by atoms with Crippen LogP contribution in [0.2, 0.25) is 0 Å². The van der Waals surface area contributed by atoms with Crippen LogP contribution in [0.25, 0.3) is 0 Å². The first-order valence-corrected chi connectivity index (χ1v) is 3.56. The maximum atomic E-state index is 10.7. The predicted molar refractivity (Wildman–Crippen MR) is 41.7 cm³/mol. The van der Waals surface area contributed by atoms with Gasteiger partial charge >= 0.3 is 5.97 Å². The number of nitrogens with one attached hydrogen (secondary N) is 1. The van der Waals surface area contributed by atoms with Gasteiger partial charge in [-0.05, 0) is 0 Å². The van der Waals surface area contributed by atoms with E-state index in [-0.39, 0.29) is 19.1 Å². The fraction of sp³-hybridized carbons (Fsp3) is 0.714. The first-order chi connectivity index (χ1) is 5.57. The molecule has 0 aliphatic carbocycles. The zero-order valence-corrected chi connectivity index (χ0v) is 7.16. The molecule has 0 fully saturated rings. The van der Waals surface area contributed by atoms with Crippen molar-refractivity contribution in [2.45, 2.75) is 6.92 Å². The minimum atomic E-state index is -0.923. The monoisotopic (exact) mass is 175 g/mol. The quantitative estimate of drug-likeness (QED) is 0.589. The summed E-state index contributed by atoms with van der Waals surface area (Å²) in [4.78, 5) is 21.0. The number of hydrogen-bond donors (Lipinski definition) is 2. The van der Waals surface area contributed by atoms with E-state index in [2.05, 4.69) is 10.1 Å². The molecule has 5 nitrogen and oxygen atoms in total. The van der Waals surface area contributed by atoms with Gasteiger partial charge in [-0.1, -0.05) is 6.92 Å². The van der Waals surface area contributed by atoms with Crippen molar-refractivity contribution in [3.8, 4) is 0 Å². The maximum absolute atomic E-state index is 10.7. The molecule has 0 aromatic heterocycles. The standard InChI is InChI=1S/C7H13NO4/c1-5(7(10)11)3-8-6(9)4-12-2/h5H,3-4H2,1-2H3,(H,8,9)(H,10,11). The molecule has 1 amide bonds. The van der Waals surface area contributed by atoms with Crippen LogP contribution in [0, 0.1) is 5.92 Å². The Balaban J connectivity index is 3.54. The Kier molecular flexibility index (Phi) is 5.03. The molecule has 0 heterocycles. The number of amides is 1. The van der Waals surface area contributed by atoms with E-state index in [1.807, 2.05) is 0 Å². The second-order valence-electron chi connectivity index (χ2n) is 2.48. The Labute approximate surface area is 70.7 Å². The van der Waals surface area contributed by atoms with Crippen LogP contribution in [-0.4, -0.2) is 37.2 Å². The van der Waals surface area contributed by atoms with Crippen LogP contribution in [-0.2, 0) is 14.3 Å². The number of carbonyl (C=O) groups excluding carboxylic acids is 1. The lowest BCUT2D eigenvalue weighted by atomic mass is 10.2. The van der Waals surface area contributed by atoms with E-state index in [0.29, 0.717) is 0 Å². The number of hydrogen-bond acceptors (Lipinski definition) is 3. The van der Waals surface area contributed by atoms with Gasteiger partial charge in [0.1, 0.15) is 6.61 Å². The minimum absolute atomic E-state index is 0.0354. The maximum Gasteiger partial charge on any atom is 0.308 e. The Morgan fingerprint density at radius 3 is 2.58 bits per heavy atom. The molecule has 70 valence electrons. The molecule has 12 heavy (non-hydrogen) atoms. The summed E-state index contributed by atoms with van der Waals surface area (Å²) in [7, 11) is 1.40. The molecular weight excluding hydrogens is 162 g/mol. The zero-order chi connectivity index (χ0) is 9.56. The molecule has 0 bridgehead atoms. The van der Waals surface area contributed by atoms with Gasteiger partial charge in [-0.3, -0.25) is 9.59 Å². The molecule has 0 radical (unpaired) electrons. The topological polar surface area (TPSA) is 75.6 Å². The number of carboxylic acid groups (broad SMARTS) is 1. The summed E-state index contributed by atoms with van der Waals surface area (Å²) in [6, 6.07) is 0. The van der Waals surface area contributed by atoms with E-state index < -0.39 is 11.9 Å². The number of ether oxygens (including phenoxy) is 1. The summed E-state index contributed by atoms with van der Waals surface area (Å²) >= 11 is 0. The van der Waals surface area contributed by atoms with Gasteiger partial charge in [0.15, 0.2) is 0 Å². The van der Waals surface area contributed by atoms with Crippen molar-refractivity contribution in [2.75, 3.05) is 20.3 Å². The van der Waals surface area contributed by atoms with Gasteiger partial charge in [-0.15, -0.1) is 0 Å². The first-order valence-electron chi connectivity index (χ1n) is 3.56. The van der Waals surface area contributed by atoms with Crippen molar-refractivity contribution in [3.05, 3.63) is 0 Å². The summed E-state index contributed by atoms with van der Waals surface area (Å²) in [5.74, 6) is -1.79. The molecule has 0 aliphatic rings. The molecule has 0 spiro atoms. The lowest BCUT2D eigenvalue weighted by molar-refractivity contribution is -0.141. The lowest BCUT2D eigenvalue weighted by Crippen LogP contribution is -2.33. The summed E-state index contributed by atoms with van der Waals surface area (Å²) < 4.78 is 4.54. The smallest absolute Gasteiger partial charge is 0.308 e. The third-order valence-electron chi connectivity index (χ3n) is 1.30. The Morgan fingerprint density at radius 2 is 2.17 bits per heavy atom. The molecule has 0 aromatic carbocycles. The Bertz CT molecular complexity index is 169. The summed E-state index contributed by atoms with van der Waals surface area (Å²) in [5, 5.41) is 10.9. The number of carboxylic acids is 1. The molecule has 0 saturated carbocycles. The van der Waals surface area contributed by atoms with Crippen molar-refractivity contribution in [2.24, 2.45) is 5.92 Å². The summed E-state index contributed by atoms with van der Waals surface area (Å²) in [6.07, 6.45) is 0. The molecule has 0 saturated heterocycles. The van der Waals surface area contributed by atoms with Crippen LogP contribution in [0.3, 0.4) is 0 Å². The van der Waals surface area contributed by atoms with Gasteiger partial charge in [0.2, 0.25) is 5.91 Å². The largest absolute Gasteiger partial charge is 0.481 e. The summed E-state index contributed by atoms with van der Waals surface area (Å²) in [6.45, 7) is 1.62. The van der Waals surface area contributed by atoms with Crippen molar-refractivity contribution >= 4 is 11.9 Å². The van der Waals surface area contributed by atoms with E-state index >= 15 is 0 Å². The number of methoxy groups -OCH3 is 1. The predicted octanol–water partition coefficient (Wildman–Crippen LogP) is -0.530. The van der Waals surface area contributed by atoms with Crippen molar-refractivity contribution in [1.29, 1.82) is 0 Å². The van der Waals surface area contributed by atoms with Gasteiger partial charge in [0.25, 0.3) is 0 Å². The van der Waals surface area contributed by atoms with E-state index in [9.17, 15) is 9.59 Å². The van der Waals surface area contributed by atoms with E-state index in [1.165, 1.54) is 14.0 Å². The molecule has 2 N–H and O–H groups in total. The van der Waals surface area contributed by atoms with Gasteiger partial charge in [0, 0.05) is 13.7 Å². The molecule has 1 unspecified atom stereocenters. The van der Waals surface area contributed by atoms with Gasteiger partial charge in [-0.2, -0.15) is 0 Å². The molecule has 1 atom stereocenters. The second kappa shape index (κ2) is 5.54. The fourth-order valence-electron chi connectivity index (χ4n) is 0.536. The molecule has 5 heteroatoms. The summed E-state index contributed by atoms with van der Waals surface area (Å²) in [5.41, 5.74) is 0. The highest BCUT2D eigenvalue weighted by Crippen LogP contribution is 1.90. The number of aliphatic carboxylic acids is 1. The van der Waals surface area contributed by atoms with Crippen LogP contribution >= 0.6 is 0 Å². The fourth-order valence-corrected chi connectivity index (χ4v) is 0.536.